The minimum Gasteiger partial charge on any atom is -0.294 e. The van der Waals surface area contributed by atoms with Crippen LogP contribution in [0, 0.1) is 23.7 Å². The van der Waals surface area contributed by atoms with Crippen molar-refractivity contribution in [2.24, 2.45) is 23.7 Å². The van der Waals surface area contributed by atoms with Crippen molar-refractivity contribution in [1.82, 2.24) is 0 Å². The Hall–Kier alpha value is -0.300. The van der Waals surface area contributed by atoms with Crippen LogP contribution in [0.5, 0.6) is 0 Å². The summed E-state index contributed by atoms with van der Waals surface area (Å²) in [6.07, 6.45) is 7.55. The van der Waals surface area contributed by atoms with E-state index in [9.17, 15) is 4.79 Å². The number of ketones is 1. The minimum absolute atomic E-state index is 0.332. The van der Waals surface area contributed by atoms with Crippen molar-refractivity contribution in [3.05, 3.63) is 11.1 Å². The summed E-state index contributed by atoms with van der Waals surface area (Å²) < 4.78 is 0. The zero-order valence-electron chi connectivity index (χ0n) is 8.92. The Morgan fingerprint density at radius 3 is 2.40 bits per heavy atom. The Morgan fingerprint density at radius 1 is 1.07 bits per heavy atom. The average molecular weight is 225 g/mol. The van der Waals surface area contributed by atoms with E-state index in [-0.39, 0.29) is 0 Å². The van der Waals surface area contributed by atoms with Gasteiger partial charge in [-0.25, -0.2) is 0 Å². The number of halogens is 1. The summed E-state index contributed by atoms with van der Waals surface area (Å²) in [5.41, 5.74) is 2.53. The van der Waals surface area contributed by atoms with E-state index in [1.165, 1.54) is 32.1 Å². The van der Waals surface area contributed by atoms with Gasteiger partial charge in [-0.3, -0.25) is 4.79 Å². The summed E-state index contributed by atoms with van der Waals surface area (Å²) in [5, 5.41) is 0. The Balaban J connectivity index is 2.00. The first-order valence-electron chi connectivity index (χ1n) is 6.17. The Labute approximate surface area is 95.9 Å². The molecule has 0 spiro atoms. The van der Waals surface area contributed by atoms with Gasteiger partial charge in [-0.2, -0.15) is 0 Å². The van der Waals surface area contributed by atoms with Crippen molar-refractivity contribution in [3.8, 4) is 0 Å². The van der Waals surface area contributed by atoms with Crippen LogP contribution in [0.25, 0.3) is 0 Å². The fraction of sp³-hybridized carbons (Fsp3) is 0.769. The highest BCUT2D eigenvalue weighted by atomic mass is 35.5. The minimum atomic E-state index is 0.332. The fourth-order valence-electron chi connectivity index (χ4n) is 4.25. The first-order chi connectivity index (χ1) is 7.33. The SMILES string of the molecule is O=C1C(=CCl)C2CCCC3CCCC1C32. The van der Waals surface area contributed by atoms with Crippen LogP contribution < -0.4 is 0 Å². The van der Waals surface area contributed by atoms with Crippen molar-refractivity contribution < 1.29 is 4.79 Å². The molecule has 0 radical (unpaired) electrons. The van der Waals surface area contributed by atoms with Crippen molar-refractivity contribution >= 4 is 17.4 Å². The third-order valence-corrected chi connectivity index (χ3v) is 5.03. The summed E-state index contributed by atoms with van der Waals surface area (Å²) in [6, 6.07) is 0. The molecular formula is C13H17ClO. The second-order valence-corrected chi connectivity index (χ2v) is 5.56. The van der Waals surface area contributed by atoms with Gasteiger partial charge in [0.15, 0.2) is 5.78 Å². The molecule has 0 heterocycles. The third-order valence-electron chi connectivity index (χ3n) is 4.79. The second-order valence-electron chi connectivity index (χ2n) is 5.34. The average Bonchev–Trinajstić information content (AvgIpc) is 2.55. The van der Waals surface area contributed by atoms with Crippen LogP contribution in [0.1, 0.15) is 38.5 Å². The van der Waals surface area contributed by atoms with Crippen LogP contribution in [-0.4, -0.2) is 5.78 Å². The summed E-state index contributed by atoms with van der Waals surface area (Å²) in [4.78, 5) is 12.2. The highest BCUT2D eigenvalue weighted by Crippen LogP contribution is 2.55. The van der Waals surface area contributed by atoms with Gasteiger partial charge in [-0.15, -0.1) is 0 Å². The molecular weight excluding hydrogens is 208 g/mol. The number of Topliss-reactive ketones (excluding diaryl/α,β-unsaturated/α-hetero) is 1. The monoisotopic (exact) mass is 224 g/mol. The summed E-state index contributed by atoms with van der Waals surface area (Å²) in [5.74, 6) is 2.70. The molecule has 0 aromatic carbocycles. The van der Waals surface area contributed by atoms with Crippen LogP contribution in [0.2, 0.25) is 0 Å². The molecule has 2 heteroatoms. The fourth-order valence-corrected chi connectivity index (χ4v) is 4.52. The van der Waals surface area contributed by atoms with E-state index >= 15 is 0 Å². The predicted molar refractivity (Wildman–Crippen MR) is 60.6 cm³/mol. The number of hydrogen-bond acceptors (Lipinski definition) is 1. The van der Waals surface area contributed by atoms with E-state index in [0.29, 0.717) is 23.5 Å². The molecule has 4 atom stereocenters. The van der Waals surface area contributed by atoms with E-state index in [4.69, 9.17) is 11.6 Å². The van der Waals surface area contributed by atoms with Gasteiger partial charge in [-0.1, -0.05) is 37.3 Å². The summed E-state index contributed by atoms with van der Waals surface area (Å²) in [7, 11) is 0. The zero-order valence-corrected chi connectivity index (χ0v) is 9.67. The van der Waals surface area contributed by atoms with E-state index in [2.05, 4.69) is 0 Å². The molecule has 1 nitrogen and oxygen atoms in total. The number of allylic oxidation sites excluding steroid dienone is 1. The lowest BCUT2D eigenvalue weighted by Gasteiger charge is -2.39. The van der Waals surface area contributed by atoms with Gasteiger partial charge in [-0.05, 0) is 30.6 Å². The first kappa shape index (κ1) is 9.89. The van der Waals surface area contributed by atoms with Gasteiger partial charge in [0.2, 0.25) is 0 Å². The molecule has 3 fully saturated rings. The number of carbonyl (C=O) groups is 1. The van der Waals surface area contributed by atoms with Crippen LogP contribution >= 0.6 is 11.6 Å². The zero-order chi connectivity index (χ0) is 10.4. The molecule has 0 saturated heterocycles. The first-order valence-corrected chi connectivity index (χ1v) is 6.61. The van der Waals surface area contributed by atoms with Gasteiger partial charge >= 0.3 is 0 Å². The van der Waals surface area contributed by atoms with Crippen molar-refractivity contribution in [2.45, 2.75) is 38.5 Å². The molecule has 82 valence electrons. The van der Waals surface area contributed by atoms with Crippen LogP contribution in [0.3, 0.4) is 0 Å². The van der Waals surface area contributed by atoms with Gasteiger partial charge in [0.05, 0.1) is 0 Å². The molecule has 3 rings (SSSR count). The molecule has 4 unspecified atom stereocenters. The van der Waals surface area contributed by atoms with Crippen molar-refractivity contribution in [3.63, 3.8) is 0 Å². The third kappa shape index (κ3) is 1.32. The summed E-state index contributed by atoms with van der Waals surface area (Å²) in [6.45, 7) is 0. The largest absolute Gasteiger partial charge is 0.294 e. The van der Waals surface area contributed by atoms with Gasteiger partial charge in [0.1, 0.15) is 0 Å². The quantitative estimate of drug-likeness (QED) is 0.576. The van der Waals surface area contributed by atoms with Crippen LogP contribution in [0.15, 0.2) is 11.1 Å². The molecule has 0 N–H and O–H groups in total. The predicted octanol–water partition coefficient (Wildman–Crippen LogP) is 3.52. The topological polar surface area (TPSA) is 17.1 Å². The highest BCUT2D eigenvalue weighted by Gasteiger charge is 2.51. The van der Waals surface area contributed by atoms with Crippen LogP contribution in [-0.2, 0) is 4.79 Å². The molecule has 15 heavy (non-hydrogen) atoms. The Morgan fingerprint density at radius 2 is 1.73 bits per heavy atom. The van der Waals surface area contributed by atoms with E-state index < -0.39 is 0 Å². The van der Waals surface area contributed by atoms with E-state index in [1.54, 1.807) is 5.54 Å². The van der Waals surface area contributed by atoms with E-state index in [0.717, 1.165) is 17.9 Å². The van der Waals surface area contributed by atoms with Crippen LogP contribution in [0.4, 0.5) is 0 Å². The Kier molecular flexibility index (Phi) is 2.39. The summed E-state index contributed by atoms with van der Waals surface area (Å²) >= 11 is 5.83. The maximum atomic E-state index is 12.2. The maximum absolute atomic E-state index is 12.2. The smallest absolute Gasteiger partial charge is 0.163 e. The lowest BCUT2D eigenvalue weighted by atomic mass is 9.64. The molecule has 3 aliphatic rings. The standard InChI is InChI=1S/C13H17ClO/c14-7-11-9-5-1-3-8-4-2-6-10(12(8)9)13(11)15/h7-10,12H,1-6H2. The van der Waals surface area contributed by atoms with Gasteiger partial charge < -0.3 is 0 Å². The number of hydrogen-bond donors (Lipinski definition) is 0. The lowest BCUT2D eigenvalue weighted by Crippen LogP contribution is -2.33. The molecule has 0 aliphatic heterocycles. The van der Waals surface area contributed by atoms with Crippen molar-refractivity contribution in [1.29, 1.82) is 0 Å². The van der Waals surface area contributed by atoms with Gasteiger partial charge in [0.25, 0.3) is 0 Å². The second kappa shape index (κ2) is 3.62. The molecule has 3 aliphatic carbocycles. The number of rotatable bonds is 0. The lowest BCUT2D eigenvalue weighted by molar-refractivity contribution is -0.120. The van der Waals surface area contributed by atoms with E-state index in [1.807, 2.05) is 0 Å². The maximum Gasteiger partial charge on any atom is 0.163 e. The molecule has 0 amide bonds. The molecule has 3 saturated carbocycles. The van der Waals surface area contributed by atoms with Gasteiger partial charge in [0, 0.05) is 17.0 Å². The number of carbonyl (C=O) groups excluding carboxylic acids is 1. The molecule has 0 bridgehead atoms. The normalized spacial score (nSPS) is 47.0. The van der Waals surface area contributed by atoms with Crippen molar-refractivity contribution in [2.75, 3.05) is 0 Å². The highest BCUT2D eigenvalue weighted by molar-refractivity contribution is 6.28. The molecule has 0 aromatic heterocycles. The molecule has 0 aromatic rings. The Bertz CT molecular complexity index is 318.